The van der Waals surface area contributed by atoms with Crippen LogP contribution in [0.15, 0.2) is 18.2 Å². The van der Waals surface area contributed by atoms with Gasteiger partial charge >= 0.3 is 11.9 Å². The van der Waals surface area contributed by atoms with E-state index in [4.69, 9.17) is 19.7 Å². The fourth-order valence-corrected chi connectivity index (χ4v) is 3.00. The number of ether oxygens (including phenoxy) is 2. The number of aliphatic carboxylic acids is 2. The summed E-state index contributed by atoms with van der Waals surface area (Å²) in [6.45, 7) is 0.195. The largest absolute Gasteiger partial charge is 0.481 e. The lowest BCUT2D eigenvalue weighted by Crippen LogP contribution is -2.44. The average Bonchev–Trinajstić information content (AvgIpc) is 3.23. The van der Waals surface area contributed by atoms with E-state index in [0.717, 1.165) is 0 Å². The zero-order valence-electron chi connectivity index (χ0n) is 14.2. The van der Waals surface area contributed by atoms with Gasteiger partial charge in [-0.1, -0.05) is 0 Å². The van der Waals surface area contributed by atoms with Crippen LogP contribution in [0, 0.1) is 5.92 Å². The number of nitrogens with zero attached hydrogens (tertiary/aromatic N) is 1. The number of carboxylic acid groups (broad SMARTS) is 2. The van der Waals surface area contributed by atoms with Crippen LogP contribution in [0.2, 0.25) is 0 Å². The first-order valence-corrected chi connectivity index (χ1v) is 8.30. The molecule has 1 aromatic carbocycles. The molecular weight excluding hydrogens is 360 g/mol. The van der Waals surface area contributed by atoms with E-state index in [1.807, 2.05) is 0 Å². The van der Waals surface area contributed by atoms with E-state index in [1.54, 1.807) is 18.2 Å². The number of rotatable bonds is 7. The number of anilines is 1. The number of benzene rings is 1. The normalized spacial score (nSPS) is 19.0. The second kappa shape index (κ2) is 7.52. The molecule has 2 aliphatic heterocycles. The average molecular weight is 378 g/mol. The fraction of sp³-hybridized carbons (Fsp3) is 0.412. The van der Waals surface area contributed by atoms with Gasteiger partial charge in [0.25, 0.3) is 0 Å². The Hall–Kier alpha value is -3.30. The van der Waals surface area contributed by atoms with Crippen molar-refractivity contribution in [2.75, 3.05) is 18.2 Å². The van der Waals surface area contributed by atoms with Crippen LogP contribution >= 0.6 is 0 Å². The van der Waals surface area contributed by atoms with E-state index >= 15 is 0 Å². The molecule has 2 heterocycles. The smallest absolute Gasteiger partial charge is 0.326 e. The summed E-state index contributed by atoms with van der Waals surface area (Å²) in [5.74, 6) is -2.98. The molecule has 144 valence electrons. The Labute approximate surface area is 153 Å². The van der Waals surface area contributed by atoms with Gasteiger partial charge in [-0.2, -0.15) is 0 Å². The van der Waals surface area contributed by atoms with Gasteiger partial charge < -0.3 is 29.9 Å². The molecule has 1 saturated heterocycles. The monoisotopic (exact) mass is 378 g/mol. The van der Waals surface area contributed by atoms with E-state index in [9.17, 15) is 19.2 Å². The van der Waals surface area contributed by atoms with Gasteiger partial charge in [0.15, 0.2) is 11.5 Å². The van der Waals surface area contributed by atoms with Crippen LogP contribution < -0.4 is 19.7 Å². The van der Waals surface area contributed by atoms with E-state index in [1.165, 1.54) is 4.90 Å². The van der Waals surface area contributed by atoms with Crippen LogP contribution in [0.25, 0.3) is 0 Å². The van der Waals surface area contributed by atoms with Crippen molar-refractivity contribution in [2.24, 2.45) is 5.92 Å². The molecule has 0 saturated carbocycles. The minimum Gasteiger partial charge on any atom is -0.481 e. The van der Waals surface area contributed by atoms with Crippen molar-refractivity contribution in [3.05, 3.63) is 18.2 Å². The van der Waals surface area contributed by atoms with Gasteiger partial charge in [-0.3, -0.25) is 14.4 Å². The summed E-state index contributed by atoms with van der Waals surface area (Å²) in [6.07, 6.45) is -0.682. The van der Waals surface area contributed by atoms with E-state index in [-0.39, 0.29) is 38.5 Å². The Kier molecular flexibility index (Phi) is 5.15. The third-order valence-corrected chi connectivity index (χ3v) is 4.43. The lowest BCUT2D eigenvalue weighted by molar-refractivity contribution is -0.143. The maximum absolute atomic E-state index is 12.4. The maximum atomic E-state index is 12.4. The zero-order valence-corrected chi connectivity index (χ0v) is 14.2. The highest BCUT2D eigenvalue weighted by atomic mass is 16.7. The van der Waals surface area contributed by atoms with Crippen LogP contribution in [0.5, 0.6) is 11.5 Å². The summed E-state index contributed by atoms with van der Waals surface area (Å²) in [6, 6.07) is 3.68. The predicted octanol–water partition coefficient (Wildman–Crippen LogP) is 0.202. The number of carbonyl (C=O) groups is 4. The van der Waals surface area contributed by atoms with Gasteiger partial charge in [0.2, 0.25) is 18.6 Å². The first kappa shape index (κ1) is 18.5. The van der Waals surface area contributed by atoms with Crippen molar-refractivity contribution in [3.8, 4) is 11.5 Å². The maximum Gasteiger partial charge on any atom is 0.326 e. The molecule has 0 spiro atoms. The number of hydrogen-bond donors (Lipinski definition) is 3. The summed E-state index contributed by atoms with van der Waals surface area (Å²) in [7, 11) is 0. The Morgan fingerprint density at radius 3 is 2.67 bits per heavy atom. The van der Waals surface area contributed by atoms with Crippen molar-refractivity contribution in [1.82, 2.24) is 5.32 Å². The standard InChI is InChI=1S/C17H18N2O8/c20-14-5-9(16(23)18-11(17(24)25)2-4-15(21)22)7-19(14)10-1-3-12-13(6-10)27-8-26-12/h1,3,6,9,11H,2,4-5,7-8H2,(H,18,23)(H,21,22)(H,24,25). The third-order valence-electron chi connectivity index (χ3n) is 4.43. The van der Waals surface area contributed by atoms with Gasteiger partial charge in [0.05, 0.1) is 5.92 Å². The molecule has 2 unspecified atom stereocenters. The number of nitrogens with one attached hydrogen (secondary N) is 1. The van der Waals surface area contributed by atoms with Crippen molar-refractivity contribution in [1.29, 1.82) is 0 Å². The first-order valence-electron chi connectivity index (χ1n) is 8.30. The second-order valence-electron chi connectivity index (χ2n) is 6.27. The summed E-state index contributed by atoms with van der Waals surface area (Å²) in [4.78, 5) is 47.9. The van der Waals surface area contributed by atoms with Crippen molar-refractivity contribution >= 4 is 29.4 Å². The van der Waals surface area contributed by atoms with Crippen molar-refractivity contribution in [2.45, 2.75) is 25.3 Å². The van der Waals surface area contributed by atoms with Gasteiger partial charge in [-0.05, 0) is 18.6 Å². The Morgan fingerprint density at radius 2 is 1.96 bits per heavy atom. The molecule has 2 aliphatic rings. The van der Waals surface area contributed by atoms with Gasteiger partial charge in [-0.25, -0.2) is 4.79 Å². The van der Waals surface area contributed by atoms with E-state index < -0.39 is 29.8 Å². The zero-order chi connectivity index (χ0) is 19.6. The lowest BCUT2D eigenvalue weighted by atomic mass is 10.1. The summed E-state index contributed by atoms with van der Waals surface area (Å²) in [5, 5.41) is 20.1. The molecule has 1 aromatic rings. The molecule has 3 rings (SSSR count). The minimum absolute atomic E-state index is 0.0639. The number of carboxylic acids is 2. The predicted molar refractivity (Wildman–Crippen MR) is 89.5 cm³/mol. The van der Waals surface area contributed by atoms with E-state index in [0.29, 0.717) is 17.2 Å². The van der Waals surface area contributed by atoms with Crippen LogP contribution in [0.1, 0.15) is 19.3 Å². The molecule has 3 N–H and O–H groups in total. The van der Waals surface area contributed by atoms with Crippen LogP contribution in [-0.2, 0) is 19.2 Å². The molecule has 0 aromatic heterocycles. The molecule has 0 aliphatic carbocycles. The Morgan fingerprint density at radius 1 is 1.22 bits per heavy atom. The third kappa shape index (κ3) is 4.10. The quantitative estimate of drug-likeness (QED) is 0.611. The highest BCUT2D eigenvalue weighted by molar-refractivity contribution is 6.01. The second-order valence-corrected chi connectivity index (χ2v) is 6.27. The number of fused-ring (bicyclic) bond motifs is 1. The Balaban J connectivity index is 1.64. The van der Waals surface area contributed by atoms with Gasteiger partial charge in [-0.15, -0.1) is 0 Å². The molecule has 1 fully saturated rings. The van der Waals surface area contributed by atoms with Gasteiger partial charge in [0, 0.05) is 31.1 Å². The van der Waals surface area contributed by atoms with Crippen LogP contribution in [0.4, 0.5) is 5.69 Å². The summed E-state index contributed by atoms with van der Waals surface area (Å²) < 4.78 is 10.5. The number of amides is 2. The molecule has 2 atom stereocenters. The molecule has 0 radical (unpaired) electrons. The molecule has 10 nitrogen and oxygen atoms in total. The Bertz CT molecular complexity index is 793. The highest BCUT2D eigenvalue weighted by Gasteiger charge is 2.37. The van der Waals surface area contributed by atoms with Crippen molar-refractivity contribution in [3.63, 3.8) is 0 Å². The molecular formula is C17H18N2O8. The topological polar surface area (TPSA) is 142 Å². The van der Waals surface area contributed by atoms with E-state index in [2.05, 4.69) is 5.32 Å². The first-order chi connectivity index (χ1) is 12.8. The minimum atomic E-state index is -1.32. The number of carbonyl (C=O) groups excluding carboxylic acids is 2. The van der Waals surface area contributed by atoms with Gasteiger partial charge in [0.1, 0.15) is 6.04 Å². The van der Waals surface area contributed by atoms with Crippen molar-refractivity contribution < 1.29 is 38.9 Å². The SMILES string of the molecule is O=C(O)CCC(NC(=O)C1CC(=O)N(c2ccc3c(c2)OCO3)C1)C(=O)O. The number of hydrogen-bond acceptors (Lipinski definition) is 6. The molecule has 2 amide bonds. The molecule has 27 heavy (non-hydrogen) atoms. The van der Waals surface area contributed by atoms with Crippen LogP contribution in [0.3, 0.4) is 0 Å². The highest BCUT2D eigenvalue weighted by Crippen LogP contribution is 2.37. The summed E-state index contributed by atoms with van der Waals surface area (Å²) in [5.41, 5.74) is 0.556. The fourth-order valence-electron chi connectivity index (χ4n) is 3.00. The van der Waals surface area contributed by atoms with Crippen LogP contribution in [-0.4, -0.2) is 53.3 Å². The lowest BCUT2D eigenvalue weighted by Gasteiger charge is -2.18. The molecule has 10 heteroatoms. The molecule has 0 bridgehead atoms. The summed E-state index contributed by atoms with van der Waals surface area (Å²) >= 11 is 0.